The van der Waals surface area contributed by atoms with Gasteiger partial charge < -0.3 is 20.4 Å². The molecule has 4 aromatic rings. The summed E-state index contributed by atoms with van der Waals surface area (Å²) in [6.45, 7) is 3.63. The first-order valence-electron chi connectivity index (χ1n) is 9.85. The molecule has 9 nitrogen and oxygen atoms in total. The molecule has 4 rings (SSSR count). The van der Waals surface area contributed by atoms with Crippen molar-refractivity contribution in [2.24, 2.45) is 5.73 Å². The van der Waals surface area contributed by atoms with Crippen molar-refractivity contribution in [3.8, 4) is 11.4 Å². The number of anilines is 1. The van der Waals surface area contributed by atoms with Gasteiger partial charge in [-0.05, 0) is 49.6 Å². The number of imidazole rings is 1. The van der Waals surface area contributed by atoms with Crippen LogP contribution in [0, 0.1) is 6.92 Å². The number of nitrogens with two attached hydrogens (primary N) is 1. The van der Waals surface area contributed by atoms with Gasteiger partial charge in [-0.3, -0.25) is 9.20 Å². The predicted octanol–water partition coefficient (Wildman–Crippen LogP) is 2.93. The highest BCUT2D eigenvalue weighted by atomic mass is 16.5. The van der Waals surface area contributed by atoms with Crippen LogP contribution in [0.4, 0.5) is 5.69 Å². The fourth-order valence-corrected chi connectivity index (χ4v) is 3.20. The number of nitrogens with zero attached hydrogens (tertiary/aromatic N) is 4. The van der Waals surface area contributed by atoms with E-state index in [9.17, 15) is 9.59 Å². The number of carbonyl (C=O) groups excluding carboxylic acids is 2. The van der Waals surface area contributed by atoms with Crippen molar-refractivity contribution in [3.05, 3.63) is 65.4 Å². The Morgan fingerprint density at radius 3 is 2.81 bits per heavy atom. The van der Waals surface area contributed by atoms with E-state index in [-0.39, 0.29) is 18.2 Å². The molecule has 0 aliphatic carbocycles. The van der Waals surface area contributed by atoms with Gasteiger partial charge in [-0.2, -0.15) is 4.98 Å². The van der Waals surface area contributed by atoms with E-state index in [1.165, 1.54) is 6.20 Å². The number of hydrogen-bond acceptors (Lipinski definition) is 7. The standard InChI is InChI=1S/C22H22N6O3/c1-13-3-6-16(21-26-20(11-23)31-27-21)10-17(13)25-22(30)18-12-24-19-9-15(5-4-14(2)29)7-8-28(18)19/h3,6-10,12H,4-5,11,23H2,1-2H3,(H,25,30). The van der Waals surface area contributed by atoms with E-state index in [4.69, 9.17) is 10.3 Å². The predicted molar refractivity (Wildman–Crippen MR) is 115 cm³/mol. The molecule has 0 aliphatic rings. The van der Waals surface area contributed by atoms with Crippen molar-refractivity contribution >= 4 is 23.0 Å². The zero-order valence-corrected chi connectivity index (χ0v) is 17.3. The highest BCUT2D eigenvalue weighted by molar-refractivity contribution is 6.04. The number of amides is 1. The first-order valence-corrected chi connectivity index (χ1v) is 9.85. The second-order valence-corrected chi connectivity index (χ2v) is 7.31. The van der Waals surface area contributed by atoms with Crippen LogP contribution in [0.2, 0.25) is 0 Å². The van der Waals surface area contributed by atoms with Gasteiger partial charge in [0.25, 0.3) is 5.91 Å². The van der Waals surface area contributed by atoms with Crippen LogP contribution in [-0.2, 0) is 17.8 Å². The molecule has 1 amide bonds. The topological polar surface area (TPSA) is 128 Å². The largest absolute Gasteiger partial charge is 0.338 e. The van der Waals surface area contributed by atoms with Crippen LogP contribution in [0.3, 0.4) is 0 Å². The Morgan fingerprint density at radius 2 is 2.06 bits per heavy atom. The molecule has 3 N–H and O–H groups in total. The maximum absolute atomic E-state index is 13.0. The highest BCUT2D eigenvalue weighted by Gasteiger charge is 2.15. The van der Waals surface area contributed by atoms with Crippen LogP contribution in [0.5, 0.6) is 0 Å². The average Bonchev–Trinajstić information content (AvgIpc) is 3.40. The molecular formula is C22H22N6O3. The van der Waals surface area contributed by atoms with Gasteiger partial charge in [-0.25, -0.2) is 4.98 Å². The number of hydrogen-bond donors (Lipinski definition) is 2. The van der Waals surface area contributed by atoms with Gasteiger partial charge in [0, 0.05) is 23.9 Å². The van der Waals surface area contributed by atoms with Crippen LogP contribution >= 0.6 is 0 Å². The lowest BCUT2D eigenvalue weighted by Crippen LogP contribution is -2.15. The normalized spacial score (nSPS) is 11.1. The van der Waals surface area contributed by atoms with Gasteiger partial charge in [0.15, 0.2) is 0 Å². The Hall–Kier alpha value is -3.85. The third-order valence-corrected chi connectivity index (χ3v) is 4.96. The Bertz CT molecular complexity index is 1270. The number of fused-ring (bicyclic) bond motifs is 1. The molecule has 0 fully saturated rings. The van der Waals surface area contributed by atoms with Crippen LogP contribution < -0.4 is 11.1 Å². The van der Waals surface area contributed by atoms with Gasteiger partial charge in [0.05, 0.1) is 12.7 Å². The van der Waals surface area contributed by atoms with Crippen LogP contribution in [0.15, 0.2) is 47.2 Å². The number of nitrogens with one attached hydrogen (secondary N) is 1. The third kappa shape index (κ3) is 4.36. The van der Waals surface area contributed by atoms with Crippen molar-refractivity contribution in [1.82, 2.24) is 19.5 Å². The summed E-state index contributed by atoms with van der Waals surface area (Å²) in [6, 6.07) is 9.30. The van der Waals surface area contributed by atoms with E-state index in [0.29, 0.717) is 47.1 Å². The molecular weight excluding hydrogens is 396 g/mol. The van der Waals surface area contributed by atoms with E-state index in [2.05, 4.69) is 20.4 Å². The minimum atomic E-state index is -0.292. The SMILES string of the molecule is CC(=O)CCc1ccn2c(C(=O)Nc3cc(-c4noc(CN)n4)ccc3C)cnc2c1. The molecule has 0 bridgehead atoms. The molecule has 0 atom stereocenters. The van der Waals surface area contributed by atoms with Crippen molar-refractivity contribution < 1.29 is 14.1 Å². The van der Waals surface area contributed by atoms with Crippen LogP contribution in [-0.4, -0.2) is 31.2 Å². The zero-order chi connectivity index (χ0) is 22.0. The van der Waals surface area contributed by atoms with Gasteiger partial charge in [0.2, 0.25) is 11.7 Å². The molecule has 158 valence electrons. The monoisotopic (exact) mass is 418 g/mol. The number of aromatic nitrogens is 4. The van der Waals surface area contributed by atoms with E-state index < -0.39 is 0 Å². The minimum absolute atomic E-state index is 0.140. The summed E-state index contributed by atoms with van der Waals surface area (Å²) in [5.41, 5.74) is 9.81. The quantitative estimate of drug-likeness (QED) is 0.472. The lowest BCUT2D eigenvalue weighted by molar-refractivity contribution is -0.116. The molecule has 1 aromatic carbocycles. The Kier molecular flexibility index (Phi) is 5.59. The molecule has 31 heavy (non-hydrogen) atoms. The Labute approximate surface area is 178 Å². The molecule has 3 aromatic heterocycles. The highest BCUT2D eigenvalue weighted by Crippen LogP contribution is 2.24. The Balaban J connectivity index is 1.57. The smallest absolute Gasteiger partial charge is 0.274 e. The fourth-order valence-electron chi connectivity index (χ4n) is 3.20. The summed E-state index contributed by atoms with van der Waals surface area (Å²) in [7, 11) is 0. The summed E-state index contributed by atoms with van der Waals surface area (Å²) in [4.78, 5) is 32.7. The molecule has 0 saturated carbocycles. The van der Waals surface area contributed by atoms with Crippen molar-refractivity contribution in [2.75, 3.05) is 5.32 Å². The maximum Gasteiger partial charge on any atom is 0.274 e. The summed E-state index contributed by atoms with van der Waals surface area (Å²) in [6.07, 6.45) is 4.45. The lowest BCUT2D eigenvalue weighted by Gasteiger charge is -2.10. The number of pyridine rings is 1. The molecule has 9 heteroatoms. The molecule has 0 aliphatic heterocycles. The van der Waals surface area contributed by atoms with Gasteiger partial charge in [0.1, 0.15) is 17.1 Å². The molecule has 0 saturated heterocycles. The lowest BCUT2D eigenvalue weighted by atomic mass is 10.1. The van der Waals surface area contributed by atoms with Crippen LogP contribution in [0.25, 0.3) is 17.0 Å². The van der Waals surface area contributed by atoms with E-state index >= 15 is 0 Å². The molecule has 0 unspecified atom stereocenters. The van der Waals surface area contributed by atoms with E-state index in [0.717, 1.165) is 11.1 Å². The summed E-state index contributed by atoms with van der Waals surface area (Å²) in [5.74, 6) is 0.597. The van der Waals surface area contributed by atoms with Crippen molar-refractivity contribution in [3.63, 3.8) is 0 Å². The number of ketones is 1. The van der Waals surface area contributed by atoms with Crippen LogP contribution in [0.1, 0.15) is 40.9 Å². The number of benzene rings is 1. The zero-order valence-electron chi connectivity index (χ0n) is 17.3. The molecule has 0 radical (unpaired) electrons. The molecule has 3 heterocycles. The first-order chi connectivity index (χ1) is 14.9. The molecule has 0 spiro atoms. The number of Topliss-reactive ketones (excluding diaryl/α,β-unsaturated/α-hetero) is 1. The third-order valence-electron chi connectivity index (χ3n) is 4.96. The van der Waals surface area contributed by atoms with E-state index in [1.807, 2.05) is 31.2 Å². The number of rotatable bonds is 7. The van der Waals surface area contributed by atoms with Crippen molar-refractivity contribution in [2.45, 2.75) is 33.2 Å². The van der Waals surface area contributed by atoms with Crippen molar-refractivity contribution in [1.29, 1.82) is 0 Å². The number of carbonyl (C=O) groups is 2. The maximum atomic E-state index is 13.0. The van der Waals surface area contributed by atoms with Gasteiger partial charge >= 0.3 is 0 Å². The summed E-state index contributed by atoms with van der Waals surface area (Å²) >= 11 is 0. The second kappa shape index (κ2) is 8.49. The van der Waals surface area contributed by atoms with Gasteiger partial charge in [-0.15, -0.1) is 0 Å². The Morgan fingerprint density at radius 1 is 1.23 bits per heavy atom. The number of aryl methyl sites for hydroxylation is 2. The van der Waals surface area contributed by atoms with E-state index in [1.54, 1.807) is 23.6 Å². The first kappa shape index (κ1) is 20.4. The fraction of sp³-hybridized carbons (Fsp3) is 0.227. The summed E-state index contributed by atoms with van der Waals surface area (Å²) < 4.78 is 6.78. The average molecular weight is 418 g/mol. The minimum Gasteiger partial charge on any atom is -0.338 e. The second-order valence-electron chi connectivity index (χ2n) is 7.31. The van der Waals surface area contributed by atoms with Gasteiger partial charge in [-0.1, -0.05) is 17.3 Å². The summed E-state index contributed by atoms with van der Waals surface area (Å²) in [5, 5.41) is 6.85.